The number of hydrogen-bond acceptors (Lipinski definition) is 12. The van der Waals surface area contributed by atoms with Crippen LogP contribution in [-0.2, 0) is 61.0 Å². The fraction of sp³-hybridized carbons (Fsp3) is 0.517. The average Bonchev–Trinajstić information content (AvgIpc) is 4.11. The van der Waals surface area contributed by atoms with Gasteiger partial charge in [0.1, 0.15) is 24.2 Å². The summed E-state index contributed by atoms with van der Waals surface area (Å²) in [6, 6.07) is 24.4. The number of benzene rings is 4. The highest BCUT2D eigenvalue weighted by Gasteiger charge is 2.33. The smallest absolute Gasteiger partial charge is 0.328 e. The molecule has 0 unspecified atom stereocenters. The number of carboxylic acids is 1. The lowest BCUT2D eigenvalue weighted by atomic mass is 9.97. The lowest BCUT2D eigenvalue weighted by molar-refractivity contribution is -0.145. The molecule has 0 radical (unpaired) electrons. The predicted molar refractivity (Wildman–Crippen MR) is 305 cm³/mol. The number of primary amides is 1. The summed E-state index contributed by atoms with van der Waals surface area (Å²) in [7, 11) is 1.33. The summed E-state index contributed by atoms with van der Waals surface area (Å²) in [6.45, 7) is 11.7. The SMILES string of the molecule is CCCC[C@H](NC(=O)CN(Cc1cccc2ccccc12)C[C@@H](NC(=O)[C@@H]1CCC(=O)N1)[C@@H](C)CC)C(=O)OC.CC[C@H](C)[C@@H](CN(CC(=O)N[C@@H](CCC(N)=O)C(=O)O)Cc1cccc2ccccc12)NC(=O)[C@@H]1CCC(=O)N1. The van der Waals surface area contributed by atoms with Crippen LogP contribution in [0.15, 0.2) is 84.9 Å². The largest absolute Gasteiger partial charge is 0.480 e. The number of fused-ring (bicyclic) bond motifs is 2. The molecular formula is C60H83N9O11. The number of amides is 7. The number of rotatable bonds is 30. The van der Waals surface area contributed by atoms with Crippen molar-refractivity contribution in [1.82, 2.24) is 41.7 Å². The summed E-state index contributed by atoms with van der Waals surface area (Å²) < 4.78 is 4.93. The average molecular weight is 1110 g/mol. The van der Waals surface area contributed by atoms with Crippen molar-refractivity contribution in [3.8, 4) is 0 Å². The summed E-state index contributed by atoms with van der Waals surface area (Å²) in [5, 5.41) is 30.9. The number of esters is 1. The van der Waals surface area contributed by atoms with Crippen LogP contribution >= 0.6 is 0 Å². The summed E-state index contributed by atoms with van der Waals surface area (Å²) in [4.78, 5) is 115. The van der Waals surface area contributed by atoms with E-state index in [9.17, 15) is 48.3 Å². The summed E-state index contributed by atoms with van der Waals surface area (Å²) in [5.41, 5.74) is 7.21. The molecule has 4 aromatic carbocycles. The van der Waals surface area contributed by atoms with Crippen LogP contribution in [0.4, 0.5) is 0 Å². The number of aliphatic carboxylic acids is 1. The molecule has 2 aliphatic heterocycles. The Morgan fingerprint density at radius 3 is 1.46 bits per heavy atom. The van der Waals surface area contributed by atoms with E-state index in [2.05, 4.69) is 70.0 Å². The maximum absolute atomic E-state index is 13.3. The third kappa shape index (κ3) is 19.7. The molecule has 2 heterocycles. The second kappa shape index (κ2) is 32.0. The first-order valence-electron chi connectivity index (χ1n) is 28.1. The molecule has 0 saturated carbocycles. The number of ether oxygens (including phenoxy) is 1. The Kier molecular flexibility index (Phi) is 25.3. The Balaban J connectivity index is 0.000000294. The summed E-state index contributed by atoms with van der Waals surface area (Å²) >= 11 is 0. The third-order valence-corrected chi connectivity index (χ3v) is 15.1. The molecule has 0 spiro atoms. The number of nitrogens with two attached hydrogens (primary N) is 1. The van der Waals surface area contributed by atoms with Gasteiger partial charge in [-0.1, -0.05) is 145 Å². The Labute approximate surface area is 469 Å². The van der Waals surface area contributed by atoms with Crippen LogP contribution in [0.1, 0.15) is 116 Å². The minimum Gasteiger partial charge on any atom is -0.480 e. The van der Waals surface area contributed by atoms with Gasteiger partial charge in [-0.3, -0.25) is 43.4 Å². The second-order valence-corrected chi connectivity index (χ2v) is 21.2. The van der Waals surface area contributed by atoms with Gasteiger partial charge in [-0.2, -0.15) is 0 Å². The van der Waals surface area contributed by atoms with Gasteiger partial charge in [0.05, 0.1) is 20.2 Å². The topological polar surface area (TPSA) is 288 Å². The molecule has 0 aromatic heterocycles. The lowest BCUT2D eigenvalue weighted by Gasteiger charge is -2.32. The van der Waals surface area contributed by atoms with E-state index in [0.717, 1.165) is 58.4 Å². The van der Waals surface area contributed by atoms with Gasteiger partial charge in [0.2, 0.25) is 41.4 Å². The molecule has 7 amide bonds. The van der Waals surface area contributed by atoms with Crippen molar-refractivity contribution in [1.29, 1.82) is 0 Å². The summed E-state index contributed by atoms with van der Waals surface area (Å²) in [6.07, 6.45) is 5.08. The van der Waals surface area contributed by atoms with E-state index in [4.69, 9.17) is 10.5 Å². The predicted octanol–water partition coefficient (Wildman–Crippen LogP) is 4.59. The maximum Gasteiger partial charge on any atom is 0.328 e. The van der Waals surface area contributed by atoms with E-state index in [1.807, 2.05) is 91.2 Å². The Hall–Kier alpha value is -7.45. The van der Waals surface area contributed by atoms with E-state index in [-0.39, 0.29) is 79.4 Å². The number of carbonyl (C=O) groups excluding carboxylic acids is 8. The van der Waals surface area contributed by atoms with Crippen molar-refractivity contribution in [2.45, 2.75) is 155 Å². The zero-order valence-corrected chi connectivity index (χ0v) is 47.2. The van der Waals surface area contributed by atoms with E-state index in [1.54, 1.807) is 0 Å². The standard InChI is InChI=1S/C31H44N4O5.C29H39N5O6/c1-5-7-15-26(31(39)40-4)33-29(37)20-35(18-23-13-10-12-22-11-8-9-14-24(22)23)19-27(21(3)6-2)34-30(38)25-16-17-28(36)32-25;1-3-18(2)24(33-28(38)22-12-14-26(36)31-22)16-34(15-20-9-6-8-19-7-4-5-10-21(19)20)17-27(37)32-23(29(39)40)11-13-25(30)35/h8-14,21,25-27H,5-7,15-20H2,1-4H3,(H,32,36)(H,33,37)(H,34,38);4-10,18,22-24H,3,11-17H2,1-2H3,(H2,30,35)(H,31,36)(H,32,37)(H,33,38)(H,39,40)/t21-,25-,26-,27+;18-,22-,23-,24+/m00/s1. The van der Waals surface area contributed by atoms with Crippen molar-refractivity contribution >= 4 is 74.8 Å². The number of carboxylic acid groups (broad SMARTS) is 1. The maximum atomic E-state index is 13.3. The van der Waals surface area contributed by atoms with E-state index in [1.165, 1.54) is 7.11 Å². The van der Waals surface area contributed by atoms with E-state index >= 15 is 0 Å². The van der Waals surface area contributed by atoms with Crippen LogP contribution < -0.4 is 37.6 Å². The molecular weight excluding hydrogens is 1020 g/mol. The normalized spacial score (nSPS) is 17.2. The fourth-order valence-electron chi connectivity index (χ4n) is 9.99. The van der Waals surface area contributed by atoms with Crippen LogP contribution in [0, 0.1) is 11.8 Å². The molecule has 2 saturated heterocycles. The molecule has 2 fully saturated rings. The van der Waals surface area contributed by atoms with Crippen molar-refractivity contribution in [2.24, 2.45) is 17.6 Å². The molecule has 6 rings (SSSR count). The van der Waals surface area contributed by atoms with Crippen LogP contribution in [0.3, 0.4) is 0 Å². The Bertz CT molecular complexity index is 2760. The number of unbranched alkanes of at least 4 members (excludes halogenated alkanes) is 1. The lowest BCUT2D eigenvalue weighted by Crippen LogP contribution is -2.53. The van der Waals surface area contributed by atoms with Gasteiger partial charge in [-0.15, -0.1) is 0 Å². The molecule has 2 aliphatic rings. The Morgan fingerprint density at radius 2 is 1.07 bits per heavy atom. The molecule has 434 valence electrons. The second-order valence-electron chi connectivity index (χ2n) is 21.2. The number of hydrogen-bond donors (Lipinski definition) is 8. The molecule has 20 heteroatoms. The van der Waals surface area contributed by atoms with E-state index < -0.39 is 47.9 Å². The zero-order valence-electron chi connectivity index (χ0n) is 47.2. The third-order valence-electron chi connectivity index (χ3n) is 15.1. The number of nitrogens with one attached hydrogen (secondary N) is 6. The molecule has 0 aliphatic carbocycles. The number of nitrogens with zero attached hydrogens (tertiary/aromatic N) is 2. The highest BCUT2D eigenvalue weighted by Crippen LogP contribution is 2.24. The fourth-order valence-corrected chi connectivity index (χ4v) is 9.99. The van der Waals surface area contributed by atoms with Gasteiger partial charge >= 0.3 is 11.9 Å². The first-order chi connectivity index (χ1) is 38.3. The first-order valence-corrected chi connectivity index (χ1v) is 28.1. The quantitative estimate of drug-likeness (QED) is 0.0332. The Morgan fingerprint density at radius 1 is 0.637 bits per heavy atom. The van der Waals surface area contributed by atoms with Crippen molar-refractivity contribution in [3.63, 3.8) is 0 Å². The molecule has 20 nitrogen and oxygen atoms in total. The molecule has 0 bridgehead atoms. The van der Waals surface area contributed by atoms with E-state index in [0.29, 0.717) is 58.3 Å². The van der Waals surface area contributed by atoms with Crippen molar-refractivity contribution in [3.05, 3.63) is 96.1 Å². The minimum atomic E-state index is -1.25. The minimum absolute atomic E-state index is 0.0474. The highest BCUT2D eigenvalue weighted by molar-refractivity contribution is 5.92. The molecule has 9 N–H and O–H groups in total. The van der Waals surface area contributed by atoms with Gasteiger partial charge in [0, 0.05) is 57.5 Å². The molecule has 8 atom stereocenters. The number of carbonyl (C=O) groups is 9. The van der Waals surface area contributed by atoms with Gasteiger partial charge in [0.15, 0.2) is 0 Å². The van der Waals surface area contributed by atoms with Gasteiger partial charge in [0.25, 0.3) is 0 Å². The summed E-state index contributed by atoms with van der Waals surface area (Å²) in [5.74, 6) is -3.69. The van der Waals surface area contributed by atoms with Crippen LogP contribution in [0.25, 0.3) is 21.5 Å². The highest BCUT2D eigenvalue weighted by atomic mass is 16.5. The van der Waals surface area contributed by atoms with Gasteiger partial charge < -0.3 is 47.5 Å². The molecule has 4 aromatic rings. The van der Waals surface area contributed by atoms with Crippen LogP contribution in [0.2, 0.25) is 0 Å². The molecule has 80 heavy (non-hydrogen) atoms. The van der Waals surface area contributed by atoms with Gasteiger partial charge in [-0.25, -0.2) is 9.59 Å². The van der Waals surface area contributed by atoms with Crippen LogP contribution in [0.5, 0.6) is 0 Å². The van der Waals surface area contributed by atoms with Gasteiger partial charge in [-0.05, 0) is 70.2 Å². The van der Waals surface area contributed by atoms with Crippen molar-refractivity contribution < 1.29 is 53.0 Å². The number of methoxy groups -OCH3 is 1. The van der Waals surface area contributed by atoms with Crippen LogP contribution in [-0.4, -0.2) is 138 Å². The van der Waals surface area contributed by atoms with Crippen molar-refractivity contribution in [2.75, 3.05) is 33.3 Å². The monoisotopic (exact) mass is 1110 g/mol. The zero-order chi connectivity index (χ0) is 58.3. The first kappa shape index (κ1) is 63.4.